The van der Waals surface area contributed by atoms with Gasteiger partial charge < -0.3 is 4.40 Å². The van der Waals surface area contributed by atoms with E-state index in [2.05, 4.69) is 65.6 Å². The zero-order valence-corrected chi connectivity index (χ0v) is 28.1. The van der Waals surface area contributed by atoms with Crippen LogP contribution in [-0.4, -0.2) is 8.80 Å². The van der Waals surface area contributed by atoms with E-state index in [1.54, 1.807) is 10.5 Å². The number of aromatic nitrogens is 2. The summed E-state index contributed by atoms with van der Waals surface area (Å²) in [7, 11) is 0. The Hall–Kier alpha value is -7.28. The summed E-state index contributed by atoms with van der Waals surface area (Å²) in [5.41, 5.74) is 4.78. The smallest absolute Gasteiger partial charge is 0.263 e. The van der Waals surface area contributed by atoms with Gasteiger partial charge in [0.2, 0.25) is 0 Å². The minimum Gasteiger partial charge on any atom is -0.309 e. The fraction of sp³-hybridized carbons (Fsp3) is 0.0435. The fourth-order valence-electron chi connectivity index (χ4n) is 9.14. The summed E-state index contributed by atoms with van der Waals surface area (Å²) in [4.78, 5) is 28.1. The molecule has 0 aliphatic carbocycles. The molecule has 4 heterocycles. The van der Waals surface area contributed by atoms with Crippen molar-refractivity contribution < 1.29 is 0 Å². The van der Waals surface area contributed by atoms with E-state index >= 15 is 0 Å². The van der Waals surface area contributed by atoms with Crippen LogP contribution in [0.3, 0.4) is 0 Å². The van der Waals surface area contributed by atoms with Gasteiger partial charge in [-0.2, -0.15) is 10.5 Å². The molecule has 6 nitrogen and oxygen atoms in total. The molecule has 11 aromatic rings. The third-order valence-electron chi connectivity index (χ3n) is 11.3. The van der Waals surface area contributed by atoms with Crippen LogP contribution in [0.4, 0.5) is 0 Å². The Kier molecular flexibility index (Phi) is 5.21. The standard InChI is InChI=1S/C46H24N4O2/c1-22-4-14-37-35(16-22)34(25(20-47)21-48)18-39-31-11-8-29-27-7-6-26-24(3)49-38-15-5-23(2)17-36(38)41(51)19-40(49)32-12-9-28(43(27)42(26)32)30-10-13-33(45(31)44(29)30)46(52)50(37)39/h4-19H,3H2,1-2H3. The molecule has 52 heavy (non-hydrogen) atoms. The lowest BCUT2D eigenvalue weighted by molar-refractivity contribution is 1.18. The van der Waals surface area contributed by atoms with E-state index in [0.29, 0.717) is 32.4 Å². The normalized spacial score (nSPS) is 12.2. The van der Waals surface area contributed by atoms with Crippen LogP contribution < -0.4 is 21.6 Å². The monoisotopic (exact) mass is 664 g/mol. The first-order valence-corrected chi connectivity index (χ1v) is 17.1. The average Bonchev–Trinajstić information content (AvgIpc) is 3.15. The highest BCUT2D eigenvalue weighted by atomic mass is 16.1. The van der Waals surface area contributed by atoms with Crippen molar-refractivity contribution in [1.82, 2.24) is 8.80 Å². The number of hydrogen-bond acceptors (Lipinski definition) is 4. The van der Waals surface area contributed by atoms with Crippen molar-refractivity contribution >= 4 is 110 Å². The first-order valence-electron chi connectivity index (χ1n) is 17.1. The van der Waals surface area contributed by atoms with Crippen LogP contribution in [0.5, 0.6) is 0 Å². The lowest BCUT2D eigenvalue weighted by atomic mass is 9.85. The van der Waals surface area contributed by atoms with Crippen LogP contribution >= 0.6 is 0 Å². The molecule has 0 saturated carbocycles. The molecule has 0 aliphatic rings. The maximum atomic E-state index is 14.6. The molecule has 0 bridgehead atoms. The van der Waals surface area contributed by atoms with Crippen molar-refractivity contribution in [3.05, 3.63) is 139 Å². The number of rotatable bonds is 0. The summed E-state index contributed by atoms with van der Waals surface area (Å²) < 4.78 is 3.83. The lowest BCUT2D eigenvalue weighted by Crippen LogP contribution is -2.20. The molecule has 240 valence electrons. The van der Waals surface area contributed by atoms with Gasteiger partial charge in [0.05, 0.1) is 22.1 Å². The van der Waals surface area contributed by atoms with Crippen molar-refractivity contribution in [2.45, 2.75) is 13.8 Å². The van der Waals surface area contributed by atoms with E-state index in [1.165, 1.54) is 0 Å². The molecule has 0 aliphatic heterocycles. The third kappa shape index (κ3) is 3.27. The topological polar surface area (TPSA) is 90.5 Å². The summed E-state index contributed by atoms with van der Waals surface area (Å²) in [6.07, 6.45) is 0. The highest BCUT2D eigenvalue weighted by molar-refractivity contribution is 6.40. The van der Waals surface area contributed by atoms with E-state index in [-0.39, 0.29) is 16.6 Å². The molecular weight excluding hydrogens is 641 g/mol. The van der Waals surface area contributed by atoms with E-state index < -0.39 is 0 Å². The van der Waals surface area contributed by atoms with Crippen molar-refractivity contribution in [2.24, 2.45) is 0 Å². The number of benzene rings is 7. The number of nitriles is 2. The van der Waals surface area contributed by atoms with E-state index in [9.17, 15) is 20.1 Å². The number of aryl methyl sites for hydroxylation is 2. The molecule has 0 fully saturated rings. The molecule has 0 radical (unpaired) electrons. The van der Waals surface area contributed by atoms with Crippen molar-refractivity contribution in [3.8, 4) is 12.1 Å². The van der Waals surface area contributed by atoms with Gasteiger partial charge in [-0.1, -0.05) is 72.3 Å². The maximum absolute atomic E-state index is 14.6. The largest absolute Gasteiger partial charge is 0.309 e. The highest BCUT2D eigenvalue weighted by Gasteiger charge is 2.22. The Labute approximate surface area is 293 Å². The second kappa shape index (κ2) is 9.48. The van der Waals surface area contributed by atoms with Crippen LogP contribution in [0.15, 0.2) is 107 Å². The molecule has 7 aromatic carbocycles. The summed E-state index contributed by atoms with van der Waals surface area (Å²) in [6.45, 7) is 8.52. The van der Waals surface area contributed by atoms with Crippen LogP contribution in [0.1, 0.15) is 11.1 Å². The number of pyridine rings is 4. The van der Waals surface area contributed by atoms with Crippen LogP contribution in [0.2, 0.25) is 0 Å². The highest BCUT2D eigenvalue weighted by Crippen LogP contribution is 2.45. The van der Waals surface area contributed by atoms with E-state index in [1.807, 2.05) is 62.4 Å². The third-order valence-corrected chi connectivity index (χ3v) is 11.3. The SMILES string of the molecule is C=c1c2ccc3c4ccc5c6c(ccc(c7ccc(c2c73)c2cc(=O)c3cc(C)ccc3n12)c46)c(=O)n1c2ccc(C)cc2c(=C(C#N)C#N)cc51. The van der Waals surface area contributed by atoms with Crippen LogP contribution in [0, 0.1) is 36.5 Å². The molecule has 0 amide bonds. The van der Waals surface area contributed by atoms with E-state index in [0.717, 1.165) is 86.8 Å². The van der Waals surface area contributed by atoms with Gasteiger partial charge in [0.25, 0.3) is 5.56 Å². The van der Waals surface area contributed by atoms with Crippen LogP contribution in [-0.2, 0) is 0 Å². The van der Waals surface area contributed by atoms with Crippen molar-refractivity contribution in [2.75, 3.05) is 0 Å². The number of fused-ring (bicyclic) bond motifs is 10. The quantitative estimate of drug-likeness (QED) is 0.121. The van der Waals surface area contributed by atoms with Gasteiger partial charge in [-0.3, -0.25) is 14.0 Å². The predicted octanol–water partition coefficient (Wildman–Crippen LogP) is 8.24. The zero-order chi connectivity index (χ0) is 35.3. The van der Waals surface area contributed by atoms with Gasteiger partial charge in [0.1, 0.15) is 17.7 Å². The van der Waals surface area contributed by atoms with Gasteiger partial charge >= 0.3 is 0 Å². The Balaban J connectivity index is 1.36. The van der Waals surface area contributed by atoms with Crippen LogP contribution in [0.25, 0.3) is 110 Å². The minimum atomic E-state index is -0.154. The summed E-state index contributed by atoms with van der Waals surface area (Å²) in [6, 6.07) is 36.2. The molecule has 0 saturated heterocycles. The molecular formula is C46H24N4O2. The van der Waals surface area contributed by atoms with Crippen molar-refractivity contribution in [3.63, 3.8) is 0 Å². The second-order valence-corrected chi connectivity index (χ2v) is 14.0. The predicted molar refractivity (Wildman–Crippen MR) is 212 cm³/mol. The molecule has 0 N–H and O–H groups in total. The minimum absolute atomic E-state index is 0.00201. The Bertz CT molecular complexity index is 3820. The van der Waals surface area contributed by atoms with Crippen molar-refractivity contribution in [1.29, 1.82) is 10.5 Å². The fourth-order valence-corrected chi connectivity index (χ4v) is 9.14. The summed E-state index contributed by atoms with van der Waals surface area (Å²) in [5, 5.41) is 34.2. The molecule has 0 spiro atoms. The summed E-state index contributed by atoms with van der Waals surface area (Å²) in [5.74, 6) is 0. The molecule has 0 unspecified atom stereocenters. The average molecular weight is 665 g/mol. The molecule has 4 aromatic heterocycles. The molecule has 6 heteroatoms. The first-order chi connectivity index (χ1) is 25.3. The van der Waals surface area contributed by atoms with Gasteiger partial charge in [0.15, 0.2) is 5.43 Å². The van der Waals surface area contributed by atoms with Gasteiger partial charge in [-0.05, 0) is 82.6 Å². The number of nitrogens with zero attached hydrogens (tertiary/aromatic N) is 4. The Morgan fingerprint density at radius 1 is 0.500 bits per heavy atom. The first kappa shape index (κ1) is 28.5. The van der Waals surface area contributed by atoms with Gasteiger partial charge in [-0.15, -0.1) is 0 Å². The zero-order valence-electron chi connectivity index (χ0n) is 28.1. The maximum Gasteiger partial charge on any atom is 0.263 e. The Morgan fingerprint density at radius 3 is 1.56 bits per heavy atom. The number of hydrogen-bond donors (Lipinski definition) is 0. The van der Waals surface area contributed by atoms with Gasteiger partial charge in [0, 0.05) is 59.7 Å². The molecule has 0 atom stereocenters. The summed E-state index contributed by atoms with van der Waals surface area (Å²) >= 11 is 0. The second-order valence-electron chi connectivity index (χ2n) is 14.0. The Morgan fingerprint density at radius 2 is 0.962 bits per heavy atom. The van der Waals surface area contributed by atoms with Gasteiger partial charge in [-0.25, -0.2) is 0 Å². The molecule has 11 rings (SSSR count). The lowest BCUT2D eigenvalue weighted by Gasteiger charge is -2.21. The van der Waals surface area contributed by atoms with E-state index in [4.69, 9.17) is 0 Å².